The Bertz CT molecular complexity index is 507. The van der Waals surface area contributed by atoms with Crippen molar-refractivity contribution in [3.63, 3.8) is 0 Å². The zero-order chi connectivity index (χ0) is 13.3. The zero-order valence-electron chi connectivity index (χ0n) is 10.1. The molecule has 1 rings (SSSR count). The van der Waals surface area contributed by atoms with Crippen molar-refractivity contribution < 1.29 is 12.8 Å². The molecule has 1 aromatic carbocycles. The SMILES string of the molecule is CC(C)(C)NCc1cc(S(N)(=O)=O)ccc1F. The summed E-state index contributed by atoms with van der Waals surface area (Å²) in [4.78, 5) is -0.0791. The molecule has 0 aromatic heterocycles. The lowest BCUT2D eigenvalue weighted by Gasteiger charge is -2.20. The lowest BCUT2D eigenvalue weighted by molar-refractivity contribution is 0.418. The predicted molar refractivity (Wildman–Crippen MR) is 64.4 cm³/mol. The predicted octanol–water partition coefficient (Wildman–Crippen LogP) is 1.36. The first-order valence-corrected chi connectivity index (χ1v) is 6.70. The van der Waals surface area contributed by atoms with E-state index in [9.17, 15) is 12.8 Å². The molecule has 0 aliphatic carbocycles. The third-order valence-electron chi connectivity index (χ3n) is 2.15. The van der Waals surface area contributed by atoms with Crippen LogP contribution < -0.4 is 10.5 Å². The molecule has 0 aliphatic heterocycles. The molecule has 4 nitrogen and oxygen atoms in total. The monoisotopic (exact) mass is 260 g/mol. The first-order chi connectivity index (χ1) is 7.59. The number of nitrogens with one attached hydrogen (secondary N) is 1. The van der Waals surface area contributed by atoms with E-state index in [1.54, 1.807) is 0 Å². The van der Waals surface area contributed by atoms with Gasteiger partial charge in [0.15, 0.2) is 0 Å². The molecule has 0 heterocycles. The molecule has 0 amide bonds. The second-order valence-electron chi connectivity index (χ2n) is 4.90. The molecule has 0 atom stereocenters. The van der Waals surface area contributed by atoms with E-state index in [1.807, 2.05) is 20.8 Å². The van der Waals surface area contributed by atoms with Crippen molar-refractivity contribution in [2.75, 3.05) is 0 Å². The Balaban J connectivity index is 3.00. The van der Waals surface area contributed by atoms with Gasteiger partial charge in [0.25, 0.3) is 0 Å². The molecule has 0 radical (unpaired) electrons. The van der Waals surface area contributed by atoms with E-state index in [1.165, 1.54) is 6.07 Å². The fourth-order valence-electron chi connectivity index (χ4n) is 1.22. The maximum Gasteiger partial charge on any atom is 0.238 e. The highest BCUT2D eigenvalue weighted by Gasteiger charge is 2.14. The number of halogens is 1. The second kappa shape index (κ2) is 4.72. The van der Waals surface area contributed by atoms with Crippen LogP contribution in [0.2, 0.25) is 0 Å². The number of nitrogens with two attached hydrogens (primary N) is 1. The van der Waals surface area contributed by atoms with Gasteiger partial charge in [-0.05, 0) is 39.0 Å². The summed E-state index contributed by atoms with van der Waals surface area (Å²) in [5, 5.41) is 8.07. The van der Waals surface area contributed by atoms with Crippen molar-refractivity contribution in [3.05, 3.63) is 29.6 Å². The smallest absolute Gasteiger partial charge is 0.238 e. The van der Waals surface area contributed by atoms with Gasteiger partial charge in [0.1, 0.15) is 5.82 Å². The van der Waals surface area contributed by atoms with E-state index in [0.29, 0.717) is 0 Å². The van der Waals surface area contributed by atoms with Crippen LogP contribution >= 0.6 is 0 Å². The Morgan fingerprint density at radius 3 is 2.41 bits per heavy atom. The normalized spacial score (nSPS) is 12.8. The van der Waals surface area contributed by atoms with E-state index < -0.39 is 15.8 Å². The van der Waals surface area contributed by atoms with Crippen LogP contribution in [0.5, 0.6) is 0 Å². The average molecular weight is 260 g/mol. The highest BCUT2D eigenvalue weighted by Crippen LogP contribution is 2.14. The molecular weight excluding hydrogens is 243 g/mol. The Morgan fingerprint density at radius 1 is 1.35 bits per heavy atom. The summed E-state index contributed by atoms with van der Waals surface area (Å²) in [6, 6.07) is 3.52. The number of primary sulfonamides is 1. The van der Waals surface area contributed by atoms with Crippen molar-refractivity contribution in [1.29, 1.82) is 0 Å². The topological polar surface area (TPSA) is 72.2 Å². The number of sulfonamides is 1. The third-order valence-corrected chi connectivity index (χ3v) is 3.07. The van der Waals surface area contributed by atoms with Crippen LogP contribution in [0.3, 0.4) is 0 Å². The lowest BCUT2D eigenvalue weighted by atomic mass is 10.1. The van der Waals surface area contributed by atoms with Gasteiger partial charge in [-0.25, -0.2) is 17.9 Å². The van der Waals surface area contributed by atoms with E-state index >= 15 is 0 Å². The van der Waals surface area contributed by atoms with Crippen molar-refractivity contribution in [1.82, 2.24) is 5.32 Å². The minimum absolute atomic E-state index is 0.0791. The maximum atomic E-state index is 13.5. The molecule has 0 unspecified atom stereocenters. The first-order valence-electron chi connectivity index (χ1n) is 5.16. The summed E-state index contributed by atoms with van der Waals surface area (Å²) < 4.78 is 35.7. The van der Waals surface area contributed by atoms with Gasteiger partial charge >= 0.3 is 0 Å². The van der Waals surface area contributed by atoms with Gasteiger partial charge in [-0.1, -0.05) is 0 Å². The molecule has 0 fully saturated rings. The van der Waals surface area contributed by atoms with Crippen molar-refractivity contribution >= 4 is 10.0 Å². The van der Waals surface area contributed by atoms with Gasteiger partial charge in [0.2, 0.25) is 10.0 Å². The Kier molecular flexibility index (Phi) is 3.91. The van der Waals surface area contributed by atoms with Crippen LogP contribution in [0.25, 0.3) is 0 Å². The molecule has 0 spiro atoms. The quantitative estimate of drug-likeness (QED) is 0.862. The van der Waals surface area contributed by atoms with E-state index in [-0.39, 0.29) is 22.5 Å². The Labute approximate surface area is 101 Å². The number of hydrogen-bond acceptors (Lipinski definition) is 3. The molecule has 17 heavy (non-hydrogen) atoms. The van der Waals surface area contributed by atoms with E-state index in [2.05, 4.69) is 5.32 Å². The lowest BCUT2D eigenvalue weighted by Crippen LogP contribution is -2.35. The summed E-state index contributed by atoms with van der Waals surface area (Å²) >= 11 is 0. The highest BCUT2D eigenvalue weighted by atomic mass is 32.2. The van der Waals surface area contributed by atoms with Gasteiger partial charge in [-0.2, -0.15) is 0 Å². The van der Waals surface area contributed by atoms with E-state index in [4.69, 9.17) is 5.14 Å². The number of benzene rings is 1. The molecule has 0 saturated carbocycles. The van der Waals surface area contributed by atoms with Crippen LogP contribution in [0.1, 0.15) is 26.3 Å². The largest absolute Gasteiger partial charge is 0.308 e. The molecule has 1 aromatic rings. The van der Waals surface area contributed by atoms with Crippen LogP contribution in [-0.2, 0) is 16.6 Å². The van der Waals surface area contributed by atoms with E-state index in [0.717, 1.165) is 12.1 Å². The zero-order valence-corrected chi connectivity index (χ0v) is 10.9. The summed E-state index contributed by atoms with van der Waals surface area (Å²) in [5.74, 6) is -0.450. The van der Waals surface area contributed by atoms with Crippen molar-refractivity contribution in [3.8, 4) is 0 Å². The molecule has 0 saturated heterocycles. The molecular formula is C11H17FN2O2S. The van der Waals surface area contributed by atoms with Gasteiger partial charge in [0, 0.05) is 17.6 Å². The minimum atomic E-state index is -3.79. The van der Waals surface area contributed by atoms with Crippen LogP contribution in [-0.4, -0.2) is 14.0 Å². The van der Waals surface area contributed by atoms with Crippen molar-refractivity contribution in [2.24, 2.45) is 5.14 Å². The van der Waals surface area contributed by atoms with Gasteiger partial charge in [0.05, 0.1) is 4.90 Å². The van der Waals surface area contributed by atoms with Crippen LogP contribution in [0.4, 0.5) is 4.39 Å². The maximum absolute atomic E-state index is 13.5. The van der Waals surface area contributed by atoms with Gasteiger partial charge in [-0.15, -0.1) is 0 Å². The van der Waals surface area contributed by atoms with Crippen LogP contribution in [0, 0.1) is 5.82 Å². The number of hydrogen-bond donors (Lipinski definition) is 2. The first kappa shape index (κ1) is 14.1. The second-order valence-corrected chi connectivity index (χ2v) is 6.46. The standard InChI is InChI=1S/C11H17FN2O2S/c1-11(2,3)14-7-8-6-9(17(13,15)16)4-5-10(8)12/h4-6,14H,7H2,1-3H3,(H2,13,15,16). The average Bonchev–Trinajstić information content (AvgIpc) is 2.13. The molecule has 0 bridgehead atoms. The van der Waals surface area contributed by atoms with Crippen molar-refractivity contribution in [2.45, 2.75) is 37.8 Å². The summed E-state index contributed by atoms with van der Waals surface area (Å²) in [7, 11) is -3.79. The number of rotatable bonds is 3. The van der Waals surface area contributed by atoms with Crippen LogP contribution in [0.15, 0.2) is 23.1 Å². The third kappa shape index (κ3) is 4.41. The molecule has 6 heteroatoms. The minimum Gasteiger partial charge on any atom is -0.308 e. The molecule has 96 valence electrons. The summed E-state index contributed by atoms with van der Waals surface area (Å²) in [6.45, 7) is 6.07. The molecule has 0 aliphatic rings. The summed E-state index contributed by atoms with van der Waals surface area (Å²) in [5.41, 5.74) is 0.107. The fourth-order valence-corrected chi connectivity index (χ4v) is 1.79. The molecule has 3 N–H and O–H groups in total. The van der Waals surface area contributed by atoms with Gasteiger partial charge in [-0.3, -0.25) is 0 Å². The summed E-state index contributed by atoms with van der Waals surface area (Å²) in [6.07, 6.45) is 0. The Morgan fingerprint density at radius 2 is 1.94 bits per heavy atom. The highest BCUT2D eigenvalue weighted by molar-refractivity contribution is 7.89. The fraction of sp³-hybridized carbons (Fsp3) is 0.455. The van der Waals surface area contributed by atoms with Gasteiger partial charge < -0.3 is 5.32 Å². The Hall–Kier alpha value is -0.980.